The highest BCUT2D eigenvalue weighted by molar-refractivity contribution is 9.10. The summed E-state index contributed by atoms with van der Waals surface area (Å²) in [6.07, 6.45) is 0. The van der Waals surface area contributed by atoms with Crippen molar-refractivity contribution in [3.63, 3.8) is 0 Å². The Morgan fingerprint density at radius 2 is 2.07 bits per heavy atom. The van der Waals surface area contributed by atoms with E-state index in [1.165, 1.54) is 0 Å². The lowest BCUT2D eigenvalue weighted by Gasteiger charge is -2.05. The molecule has 0 bridgehead atoms. The van der Waals surface area contributed by atoms with Gasteiger partial charge in [0.25, 0.3) is 0 Å². The van der Waals surface area contributed by atoms with Crippen LogP contribution < -0.4 is 5.73 Å². The first-order chi connectivity index (χ1) is 6.61. The minimum Gasteiger partial charge on any atom is -0.387 e. The van der Waals surface area contributed by atoms with Crippen LogP contribution >= 0.6 is 15.9 Å². The van der Waals surface area contributed by atoms with Crippen LogP contribution in [0.1, 0.15) is 19.4 Å². The van der Waals surface area contributed by atoms with Crippen LogP contribution in [0.5, 0.6) is 0 Å². The van der Waals surface area contributed by atoms with Gasteiger partial charge in [0.2, 0.25) is 0 Å². The molecule has 1 aromatic rings. The predicted octanol–water partition coefficient (Wildman–Crippen LogP) is 2.96. The molecule has 0 amide bonds. The molecule has 0 fully saturated rings. The summed E-state index contributed by atoms with van der Waals surface area (Å²) in [5.41, 5.74) is 6.91. The third kappa shape index (κ3) is 3.14. The van der Waals surface area contributed by atoms with Crippen molar-refractivity contribution in [2.45, 2.75) is 20.4 Å². The van der Waals surface area contributed by atoms with Crippen LogP contribution in [0.2, 0.25) is 0 Å². The van der Waals surface area contributed by atoms with Crippen LogP contribution in [0.4, 0.5) is 0 Å². The molecule has 0 aromatic heterocycles. The molecule has 0 radical (unpaired) electrons. The quantitative estimate of drug-likeness (QED) is 0.654. The highest BCUT2D eigenvalue weighted by Crippen LogP contribution is 2.16. The van der Waals surface area contributed by atoms with Gasteiger partial charge in [0.1, 0.15) is 0 Å². The number of rotatable bonds is 3. The van der Waals surface area contributed by atoms with Crippen molar-refractivity contribution in [3.8, 4) is 0 Å². The van der Waals surface area contributed by atoms with E-state index in [1.807, 2.05) is 38.1 Å². The molecule has 2 nitrogen and oxygen atoms in total. The van der Waals surface area contributed by atoms with Crippen LogP contribution in [0.25, 0.3) is 0 Å². The zero-order valence-corrected chi connectivity index (χ0v) is 10.1. The van der Waals surface area contributed by atoms with Crippen LogP contribution in [-0.4, -0.2) is 5.84 Å². The van der Waals surface area contributed by atoms with Crippen molar-refractivity contribution in [3.05, 3.63) is 34.3 Å². The summed E-state index contributed by atoms with van der Waals surface area (Å²) in [7, 11) is 0. The van der Waals surface area contributed by atoms with Gasteiger partial charge in [-0.25, -0.2) is 0 Å². The Morgan fingerprint density at radius 3 is 2.64 bits per heavy atom. The molecule has 0 saturated heterocycles. The number of hydrogen-bond acceptors (Lipinski definition) is 1. The molecule has 0 heterocycles. The third-order valence-electron chi connectivity index (χ3n) is 1.98. The van der Waals surface area contributed by atoms with Crippen molar-refractivity contribution >= 4 is 21.8 Å². The number of halogens is 1. The summed E-state index contributed by atoms with van der Waals surface area (Å²) in [6, 6.07) is 8.04. The van der Waals surface area contributed by atoms with Gasteiger partial charge in [-0.1, -0.05) is 48.0 Å². The standard InChI is InChI=1S/C11H15BrN2/c1-8(2)11(13)14-7-9-5-3-4-6-10(9)12/h3-6,8H,7H2,1-2H3,(H2,13,14). The second-order valence-corrected chi connectivity index (χ2v) is 4.34. The minimum absolute atomic E-state index is 0.317. The van der Waals surface area contributed by atoms with E-state index >= 15 is 0 Å². The second kappa shape index (κ2) is 5.15. The maximum Gasteiger partial charge on any atom is 0.0966 e. The Morgan fingerprint density at radius 1 is 1.43 bits per heavy atom. The Kier molecular flexibility index (Phi) is 4.14. The highest BCUT2D eigenvalue weighted by Gasteiger charge is 2.00. The minimum atomic E-state index is 0.317. The molecule has 2 N–H and O–H groups in total. The fourth-order valence-corrected chi connectivity index (χ4v) is 1.40. The summed E-state index contributed by atoms with van der Waals surface area (Å²) < 4.78 is 1.08. The maximum absolute atomic E-state index is 5.75. The predicted molar refractivity (Wildman–Crippen MR) is 64.3 cm³/mol. The molecule has 0 spiro atoms. The van der Waals surface area contributed by atoms with Gasteiger partial charge < -0.3 is 5.73 Å². The summed E-state index contributed by atoms with van der Waals surface area (Å²) in [4.78, 5) is 4.32. The molecule has 14 heavy (non-hydrogen) atoms. The Bertz CT molecular complexity index is 332. The normalized spacial score (nSPS) is 12.1. The molecule has 0 aliphatic carbocycles. The van der Waals surface area contributed by atoms with Crippen molar-refractivity contribution < 1.29 is 0 Å². The SMILES string of the molecule is CC(C)C(N)=NCc1ccccc1Br. The lowest BCUT2D eigenvalue weighted by atomic mass is 10.2. The van der Waals surface area contributed by atoms with Crippen LogP contribution in [0.15, 0.2) is 33.7 Å². The van der Waals surface area contributed by atoms with Gasteiger partial charge in [-0.05, 0) is 11.6 Å². The first-order valence-electron chi connectivity index (χ1n) is 4.64. The highest BCUT2D eigenvalue weighted by atomic mass is 79.9. The fraction of sp³-hybridized carbons (Fsp3) is 0.364. The molecule has 3 heteroatoms. The van der Waals surface area contributed by atoms with E-state index in [2.05, 4.69) is 20.9 Å². The lowest BCUT2D eigenvalue weighted by Crippen LogP contribution is -2.18. The number of benzene rings is 1. The van der Waals surface area contributed by atoms with Crippen LogP contribution in [0.3, 0.4) is 0 Å². The van der Waals surface area contributed by atoms with Crippen molar-refractivity contribution in [1.82, 2.24) is 0 Å². The molecule has 1 rings (SSSR count). The molecule has 0 aliphatic heterocycles. The van der Waals surface area contributed by atoms with Crippen LogP contribution in [-0.2, 0) is 6.54 Å². The molecular formula is C11H15BrN2. The van der Waals surface area contributed by atoms with Crippen LogP contribution in [0, 0.1) is 5.92 Å². The zero-order chi connectivity index (χ0) is 10.6. The van der Waals surface area contributed by atoms with Gasteiger partial charge >= 0.3 is 0 Å². The van der Waals surface area contributed by atoms with Gasteiger partial charge in [0, 0.05) is 10.4 Å². The largest absolute Gasteiger partial charge is 0.387 e. The van der Waals surface area contributed by atoms with Gasteiger partial charge in [0.05, 0.1) is 12.4 Å². The maximum atomic E-state index is 5.75. The zero-order valence-electron chi connectivity index (χ0n) is 8.50. The number of nitrogens with zero attached hydrogens (tertiary/aromatic N) is 1. The topological polar surface area (TPSA) is 38.4 Å². The summed E-state index contributed by atoms with van der Waals surface area (Å²) >= 11 is 3.47. The first-order valence-corrected chi connectivity index (χ1v) is 5.43. The third-order valence-corrected chi connectivity index (χ3v) is 2.75. The molecule has 0 unspecified atom stereocenters. The van der Waals surface area contributed by atoms with E-state index in [4.69, 9.17) is 5.73 Å². The molecule has 1 aromatic carbocycles. The van der Waals surface area contributed by atoms with E-state index in [9.17, 15) is 0 Å². The number of aliphatic imine (C=N–C) groups is 1. The first kappa shape index (κ1) is 11.2. The van der Waals surface area contributed by atoms with E-state index < -0.39 is 0 Å². The average Bonchev–Trinajstić information content (AvgIpc) is 2.16. The smallest absolute Gasteiger partial charge is 0.0966 e. The Balaban J connectivity index is 2.71. The van der Waals surface area contributed by atoms with Crippen molar-refractivity contribution in [2.75, 3.05) is 0 Å². The molecule has 76 valence electrons. The second-order valence-electron chi connectivity index (χ2n) is 3.49. The number of hydrogen-bond donors (Lipinski definition) is 1. The van der Waals surface area contributed by atoms with Crippen molar-refractivity contribution in [2.24, 2.45) is 16.6 Å². The molecule has 0 atom stereocenters. The molecule has 0 aliphatic rings. The average molecular weight is 255 g/mol. The number of nitrogens with two attached hydrogens (primary N) is 1. The van der Waals surface area contributed by atoms with Gasteiger partial charge in [0.15, 0.2) is 0 Å². The van der Waals surface area contributed by atoms with Crippen molar-refractivity contribution in [1.29, 1.82) is 0 Å². The summed E-state index contributed by atoms with van der Waals surface area (Å²) in [5, 5.41) is 0. The van der Waals surface area contributed by atoms with E-state index in [0.29, 0.717) is 18.3 Å². The summed E-state index contributed by atoms with van der Waals surface area (Å²) in [5.74, 6) is 1.03. The van der Waals surface area contributed by atoms with E-state index in [-0.39, 0.29) is 0 Å². The summed E-state index contributed by atoms with van der Waals surface area (Å²) in [6.45, 7) is 4.73. The Hall–Kier alpha value is -0.830. The monoisotopic (exact) mass is 254 g/mol. The molecule has 0 saturated carbocycles. The van der Waals surface area contributed by atoms with E-state index in [0.717, 1.165) is 10.0 Å². The van der Waals surface area contributed by atoms with Gasteiger partial charge in [-0.3, -0.25) is 4.99 Å². The lowest BCUT2D eigenvalue weighted by molar-refractivity contribution is 0.854. The number of amidine groups is 1. The van der Waals surface area contributed by atoms with E-state index in [1.54, 1.807) is 0 Å². The molecular weight excluding hydrogens is 240 g/mol. The Labute approximate surface area is 93.4 Å². The van der Waals surface area contributed by atoms with Gasteiger partial charge in [-0.2, -0.15) is 0 Å². The fourth-order valence-electron chi connectivity index (χ4n) is 0.986. The van der Waals surface area contributed by atoms with Gasteiger partial charge in [-0.15, -0.1) is 0 Å².